The highest BCUT2D eigenvalue weighted by Gasteiger charge is 2.24. The van der Waals surface area contributed by atoms with Crippen molar-refractivity contribution in [1.29, 1.82) is 0 Å². The van der Waals surface area contributed by atoms with Crippen LogP contribution in [0.15, 0.2) is 24.3 Å². The van der Waals surface area contributed by atoms with E-state index < -0.39 is 0 Å². The van der Waals surface area contributed by atoms with Gasteiger partial charge in [0.05, 0.1) is 6.61 Å². The Bertz CT molecular complexity index is 399. The van der Waals surface area contributed by atoms with Crippen molar-refractivity contribution in [3.05, 3.63) is 35.4 Å². The molecule has 1 aliphatic carbocycles. The van der Waals surface area contributed by atoms with Crippen molar-refractivity contribution in [1.82, 2.24) is 5.32 Å². The number of ether oxygens (including phenoxy) is 1. The number of nitrogens with one attached hydrogen (secondary N) is 1. The molecule has 0 spiro atoms. The van der Waals surface area contributed by atoms with Crippen LogP contribution in [0.2, 0.25) is 0 Å². The van der Waals surface area contributed by atoms with Gasteiger partial charge in [-0.3, -0.25) is 4.79 Å². The smallest absolute Gasteiger partial charge is 0.223 e. The van der Waals surface area contributed by atoms with E-state index in [1.165, 1.54) is 6.42 Å². The fourth-order valence-electron chi connectivity index (χ4n) is 2.08. The number of amides is 1. The molecule has 1 fully saturated rings. The summed E-state index contributed by atoms with van der Waals surface area (Å²) in [6.45, 7) is 3.92. The van der Waals surface area contributed by atoms with Crippen LogP contribution in [-0.4, -0.2) is 12.5 Å². The topological polar surface area (TPSA) is 38.3 Å². The van der Waals surface area contributed by atoms with Crippen LogP contribution in [0.3, 0.4) is 0 Å². The van der Waals surface area contributed by atoms with Gasteiger partial charge >= 0.3 is 0 Å². The Kier molecular flexibility index (Phi) is 4.76. The van der Waals surface area contributed by atoms with Crippen molar-refractivity contribution in [2.75, 3.05) is 6.61 Å². The van der Waals surface area contributed by atoms with Gasteiger partial charge in [-0.05, 0) is 30.9 Å². The lowest BCUT2D eigenvalue weighted by Crippen LogP contribution is -2.34. The van der Waals surface area contributed by atoms with E-state index in [0.717, 1.165) is 24.0 Å². The standard InChI is InChI=1S/C15H21NO2/c1-2-18-11-14-7-4-3-6-13(14)10-16-15(17)12-8-5-9-12/h3-4,6-7,12H,2,5,8-11H2,1H3,(H,16,17). The second-order valence-electron chi connectivity index (χ2n) is 4.75. The van der Waals surface area contributed by atoms with Crippen molar-refractivity contribution >= 4 is 5.91 Å². The first-order chi connectivity index (χ1) is 8.81. The fraction of sp³-hybridized carbons (Fsp3) is 0.533. The van der Waals surface area contributed by atoms with Gasteiger partial charge in [0.2, 0.25) is 5.91 Å². The van der Waals surface area contributed by atoms with Crippen LogP contribution in [0, 0.1) is 5.92 Å². The van der Waals surface area contributed by atoms with E-state index in [1.807, 2.05) is 19.1 Å². The second-order valence-corrected chi connectivity index (χ2v) is 4.75. The maximum absolute atomic E-state index is 11.8. The molecule has 0 radical (unpaired) electrons. The summed E-state index contributed by atoms with van der Waals surface area (Å²) >= 11 is 0. The summed E-state index contributed by atoms with van der Waals surface area (Å²) in [6, 6.07) is 8.11. The highest BCUT2D eigenvalue weighted by Crippen LogP contribution is 2.26. The Morgan fingerprint density at radius 2 is 2.06 bits per heavy atom. The molecule has 0 heterocycles. The van der Waals surface area contributed by atoms with Gasteiger partial charge in [-0.2, -0.15) is 0 Å². The quantitative estimate of drug-likeness (QED) is 0.839. The molecule has 1 aromatic carbocycles. The largest absolute Gasteiger partial charge is 0.377 e. The summed E-state index contributed by atoms with van der Waals surface area (Å²) in [5.74, 6) is 0.455. The van der Waals surface area contributed by atoms with E-state index in [4.69, 9.17) is 4.74 Å². The zero-order valence-corrected chi connectivity index (χ0v) is 10.9. The van der Waals surface area contributed by atoms with Gasteiger partial charge in [-0.1, -0.05) is 30.7 Å². The number of carbonyl (C=O) groups excluding carboxylic acids is 1. The number of rotatable bonds is 6. The summed E-state index contributed by atoms with van der Waals surface area (Å²) in [5, 5.41) is 3.02. The van der Waals surface area contributed by atoms with Crippen LogP contribution in [0.4, 0.5) is 0 Å². The number of benzene rings is 1. The first kappa shape index (κ1) is 13.1. The van der Waals surface area contributed by atoms with Crippen molar-refractivity contribution < 1.29 is 9.53 Å². The van der Waals surface area contributed by atoms with Crippen LogP contribution < -0.4 is 5.32 Å². The summed E-state index contributed by atoms with van der Waals surface area (Å²) in [7, 11) is 0. The average molecular weight is 247 g/mol. The second kappa shape index (κ2) is 6.55. The molecule has 3 nitrogen and oxygen atoms in total. The van der Waals surface area contributed by atoms with E-state index in [-0.39, 0.29) is 11.8 Å². The fourth-order valence-corrected chi connectivity index (χ4v) is 2.08. The predicted molar refractivity (Wildman–Crippen MR) is 71.0 cm³/mol. The molecular weight excluding hydrogens is 226 g/mol. The summed E-state index contributed by atoms with van der Waals surface area (Å²) in [5.41, 5.74) is 2.31. The highest BCUT2D eigenvalue weighted by molar-refractivity contribution is 5.79. The first-order valence-electron chi connectivity index (χ1n) is 6.73. The minimum atomic E-state index is 0.201. The van der Waals surface area contributed by atoms with E-state index in [2.05, 4.69) is 17.4 Å². The van der Waals surface area contributed by atoms with Crippen molar-refractivity contribution in [3.63, 3.8) is 0 Å². The Hall–Kier alpha value is -1.35. The van der Waals surface area contributed by atoms with E-state index in [1.54, 1.807) is 0 Å². The molecule has 0 aromatic heterocycles. The molecule has 18 heavy (non-hydrogen) atoms. The molecule has 2 rings (SSSR count). The molecular formula is C15H21NO2. The third-order valence-electron chi connectivity index (χ3n) is 3.51. The Morgan fingerprint density at radius 3 is 2.67 bits per heavy atom. The SMILES string of the molecule is CCOCc1ccccc1CNC(=O)C1CCC1. The van der Waals surface area contributed by atoms with E-state index in [9.17, 15) is 4.79 Å². The lowest BCUT2D eigenvalue weighted by atomic mass is 9.85. The molecule has 1 aromatic rings. The summed E-state index contributed by atoms with van der Waals surface area (Å²) < 4.78 is 5.43. The summed E-state index contributed by atoms with van der Waals surface area (Å²) in [4.78, 5) is 11.8. The van der Waals surface area contributed by atoms with Gasteiger partial charge in [0.15, 0.2) is 0 Å². The minimum Gasteiger partial charge on any atom is -0.377 e. The summed E-state index contributed by atoms with van der Waals surface area (Å²) in [6.07, 6.45) is 3.29. The van der Waals surface area contributed by atoms with Gasteiger partial charge in [-0.15, -0.1) is 0 Å². The molecule has 0 aliphatic heterocycles. The van der Waals surface area contributed by atoms with Gasteiger partial charge in [0.1, 0.15) is 0 Å². The van der Waals surface area contributed by atoms with Gasteiger partial charge < -0.3 is 10.1 Å². The maximum Gasteiger partial charge on any atom is 0.223 e. The molecule has 1 aliphatic rings. The molecule has 0 unspecified atom stereocenters. The number of hydrogen-bond acceptors (Lipinski definition) is 2. The minimum absolute atomic E-state index is 0.201. The molecule has 1 amide bonds. The van der Waals surface area contributed by atoms with Gasteiger partial charge in [0.25, 0.3) is 0 Å². The van der Waals surface area contributed by atoms with E-state index >= 15 is 0 Å². The van der Waals surface area contributed by atoms with Gasteiger partial charge in [-0.25, -0.2) is 0 Å². The zero-order valence-electron chi connectivity index (χ0n) is 10.9. The lowest BCUT2D eigenvalue weighted by molar-refractivity contribution is -0.127. The average Bonchev–Trinajstić information content (AvgIpc) is 2.32. The third kappa shape index (κ3) is 3.33. The Balaban J connectivity index is 1.89. The maximum atomic E-state index is 11.8. The van der Waals surface area contributed by atoms with E-state index in [0.29, 0.717) is 19.8 Å². The third-order valence-corrected chi connectivity index (χ3v) is 3.51. The molecule has 0 bridgehead atoms. The van der Waals surface area contributed by atoms with Crippen LogP contribution >= 0.6 is 0 Å². The Morgan fingerprint density at radius 1 is 1.33 bits per heavy atom. The van der Waals surface area contributed by atoms with Gasteiger partial charge in [0, 0.05) is 19.1 Å². The van der Waals surface area contributed by atoms with Crippen molar-refractivity contribution in [2.24, 2.45) is 5.92 Å². The predicted octanol–water partition coefficient (Wildman–Crippen LogP) is 2.64. The van der Waals surface area contributed by atoms with Crippen LogP contribution in [0.1, 0.15) is 37.3 Å². The first-order valence-corrected chi connectivity index (χ1v) is 6.73. The normalized spacial score (nSPS) is 15.2. The number of carbonyl (C=O) groups is 1. The monoisotopic (exact) mass is 247 g/mol. The zero-order chi connectivity index (χ0) is 12.8. The van der Waals surface area contributed by atoms with Crippen molar-refractivity contribution in [3.8, 4) is 0 Å². The molecule has 0 saturated heterocycles. The van der Waals surface area contributed by atoms with Crippen molar-refractivity contribution in [2.45, 2.75) is 39.3 Å². The highest BCUT2D eigenvalue weighted by atomic mass is 16.5. The number of hydrogen-bond donors (Lipinski definition) is 1. The van der Waals surface area contributed by atoms with Crippen LogP contribution in [0.25, 0.3) is 0 Å². The molecule has 1 N–H and O–H groups in total. The molecule has 98 valence electrons. The molecule has 3 heteroatoms. The Labute approximate surface area is 109 Å². The van der Waals surface area contributed by atoms with Crippen LogP contribution in [-0.2, 0) is 22.7 Å². The van der Waals surface area contributed by atoms with Crippen LogP contribution in [0.5, 0.6) is 0 Å². The molecule has 1 saturated carbocycles. The lowest BCUT2D eigenvalue weighted by Gasteiger charge is -2.24. The molecule has 0 atom stereocenters.